The van der Waals surface area contributed by atoms with Gasteiger partial charge in [-0.05, 0) is 18.6 Å². The van der Waals surface area contributed by atoms with E-state index in [2.05, 4.69) is 31.7 Å². The molecule has 1 aliphatic rings. The van der Waals surface area contributed by atoms with E-state index in [-0.39, 0.29) is 11.9 Å². The molecular formula is C16H21N5O2. The van der Waals surface area contributed by atoms with Crippen LogP contribution >= 0.6 is 0 Å². The number of amides is 1. The molecule has 1 amide bonds. The molecule has 23 heavy (non-hydrogen) atoms. The molecule has 2 aromatic heterocycles. The number of nitrogens with zero attached hydrogens (tertiary/aromatic N) is 3. The van der Waals surface area contributed by atoms with Crippen molar-refractivity contribution in [3.63, 3.8) is 0 Å². The Hall–Kier alpha value is -2.25. The normalized spacial score (nSPS) is 18.7. The zero-order chi connectivity index (χ0) is 16.1. The smallest absolute Gasteiger partial charge is 0.226 e. The summed E-state index contributed by atoms with van der Waals surface area (Å²) < 4.78 is 4.94. The molecule has 1 unspecified atom stereocenters. The van der Waals surface area contributed by atoms with Crippen molar-refractivity contribution in [2.24, 2.45) is 0 Å². The molecule has 0 spiro atoms. The fourth-order valence-electron chi connectivity index (χ4n) is 2.79. The summed E-state index contributed by atoms with van der Waals surface area (Å²) in [5, 5.41) is 9.93. The number of pyridine rings is 1. The van der Waals surface area contributed by atoms with Crippen LogP contribution < -0.4 is 10.6 Å². The van der Waals surface area contributed by atoms with Crippen molar-refractivity contribution in [3.05, 3.63) is 41.9 Å². The summed E-state index contributed by atoms with van der Waals surface area (Å²) in [6.07, 6.45) is 4.09. The molecule has 3 rings (SSSR count). The van der Waals surface area contributed by atoms with Gasteiger partial charge in [-0.15, -0.1) is 0 Å². The fraction of sp³-hybridized carbons (Fsp3) is 0.438. The van der Waals surface area contributed by atoms with E-state index in [1.807, 2.05) is 12.3 Å². The molecule has 7 heteroatoms. The minimum atomic E-state index is -0.0539. The van der Waals surface area contributed by atoms with Crippen molar-refractivity contribution in [2.45, 2.75) is 19.4 Å². The molecule has 2 aromatic rings. The van der Waals surface area contributed by atoms with E-state index in [1.165, 1.54) is 5.56 Å². The minimum Gasteiger partial charge on any atom is -0.360 e. The lowest BCUT2D eigenvalue weighted by Gasteiger charge is -2.36. The first kappa shape index (κ1) is 15.6. The molecule has 0 radical (unpaired) electrons. The van der Waals surface area contributed by atoms with Gasteiger partial charge in [0.2, 0.25) is 5.91 Å². The predicted octanol–water partition coefficient (Wildman–Crippen LogP) is 1.35. The Morgan fingerprint density at radius 2 is 2.48 bits per heavy atom. The van der Waals surface area contributed by atoms with Crippen molar-refractivity contribution in [1.29, 1.82) is 0 Å². The SMILES string of the molecule is Cc1cc(NC(=O)CCN2CCNCC2c2cccnc2)no1. The maximum atomic E-state index is 12.1. The second-order valence-corrected chi connectivity index (χ2v) is 5.66. The highest BCUT2D eigenvalue weighted by Crippen LogP contribution is 2.21. The average Bonchev–Trinajstić information content (AvgIpc) is 2.99. The van der Waals surface area contributed by atoms with E-state index in [0.717, 1.165) is 19.6 Å². The van der Waals surface area contributed by atoms with Crippen LogP contribution in [0, 0.1) is 6.92 Å². The van der Waals surface area contributed by atoms with Gasteiger partial charge < -0.3 is 15.2 Å². The average molecular weight is 315 g/mol. The summed E-state index contributed by atoms with van der Waals surface area (Å²) in [4.78, 5) is 18.6. The number of aromatic nitrogens is 2. The molecule has 3 heterocycles. The summed E-state index contributed by atoms with van der Waals surface area (Å²) in [6.45, 7) is 5.21. The number of hydrogen-bond donors (Lipinski definition) is 2. The second-order valence-electron chi connectivity index (χ2n) is 5.66. The van der Waals surface area contributed by atoms with Crippen molar-refractivity contribution in [3.8, 4) is 0 Å². The van der Waals surface area contributed by atoms with Crippen molar-refractivity contribution in [2.75, 3.05) is 31.5 Å². The van der Waals surface area contributed by atoms with Gasteiger partial charge in [-0.2, -0.15) is 0 Å². The van der Waals surface area contributed by atoms with Gasteiger partial charge in [0.15, 0.2) is 5.82 Å². The zero-order valence-electron chi connectivity index (χ0n) is 13.2. The van der Waals surface area contributed by atoms with Crippen molar-refractivity contribution >= 4 is 11.7 Å². The van der Waals surface area contributed by atoms with E-state index >= 15 is 0 Å². The number of nitrogens with one attached hydrogen (secondary N) is 2. The van der Waals surface area contributed by atoms with Gasteiger partial charge in [-0.3, -0.25) is 14.7 Å². The first-order valence-corrected chi connectivity index (χ1v) is 7.80. The van der Waals surface area contributed by atoms with E-state index in [9.17, 15) is 4.79 Å². The molecule has 0 aliphatic carbocycles. The number of piperazine rings is 1. The standard InChI is InChI=1S/C16H21N5O2/c1-12-9-15(20-23-12)19-16(22)4-7-21-8-6-18-11-14(21)13-3-2-5-17-10-13/h2-3,5,9-10,14,18H,4,6-8,11H2,1H3,(H,19,20,22). The fourth-order valence-corrected chi connectivity index (χ4v) is 2.79. The maximum Gasteiger partial charge on any atom is 0.226 e. The van der Waals surface area contributed by atoms with Crippen LogP contribution in [0.15, 0.2) is 35.1 Å². The Labute approximate surface area is 135 Å². The number of carbonyl (C=O) groups is 1. The molecule has 0 bridgehead atoms. The first-order chi connectivity index (χ1) is 11.2. The van der Waals surface area contributed by atoms with Crippen LogP contribution in [-0.2, 0) is 4.79 Å². The predicted molar refractivity (Wildman–Crippen MR) is 85.9 cm³/mol. The van der Waals surface area contributed by atoms with Gasteiger partial charge in [0.25, 0.3) is 0 Å². The van der Waals surface area contributed by atoms with Crippen LogP contribution in [0.2, 0.25) is 0 Å². The van der Waals surface area contributed by atoms with Crippen LogP contribution in [0.3, 0.4) is 0 Å². The van der Waals surface area contributed by atoms with Gasteiger partial charge in [0, 0.05) is 57.1 Å². The third-order valence-corrected chi connectivity index (χ3v) is 3.94. The molecule has 0 aromatic carbocycles. The summed E-state index contributed by atoms with van der Waals surface area (Å²) in [5.41, 5.74) is 1.17. The highest BCUT2D eigenvalue weighted by atomic mass is 16.5. The van der Waals surface area contributed by atoms with E-state index < -0.39 is 0 Å². The lowest BCUT2D eigenvalue weighted by Crippen LogP contribution is -2.46. The largest absolute Gasteiger partial charge is 0.360 e. The Kier molecular flexibility index (Phi) is 4.99. The van der Waals surface area contributed by atoms with Gasteiger partial charge in [-0.1, -0.05) is 11.2 Å². The van der Waals surface area contributed by atoms with Gasteiger partial charge in [0.05, 0.1) is 0 Å². The number of rotatable bonds is 5. The maximum absolute atomic E-state index is 12.1. The van der Waals surface area contributed by atoms with E-state index in [4.69, 9.17) is 4.52 Å². The van der Waals surface area contributed by atoms with E-state index in [0.29, 0.717) is 24.5 Å². The Bertz CT molecular complexity index is 643. The van der Waals surface area contributed by atoms with Crippen molar-refractivity contribution < 1.29 is 9.32 Å². The Morgan fingerprint density at radius 1 is 1.57 bits per heavy atom. The lowest BCUT2D eigenvalue weighted by atomic mass is 10.1. The lowest BCUT2D eigenvalue weighted by molar-refractivity contribution is -0.116. The highest BCUT2D eigenvalue weighted by molar-refractivity contribution is 5.89. The number of hydrogen-bond acceptors (Lipinski definition) is 6. The van der Waals surface area contributed by atoms with Crippen LogP contribution in [0.25, 0.3) is 0 Å². The molecule has 122 valence electrons. The summed E-state index contributed by atoms with van der Waals surface area (Å²) >= 11 is 0. The summed E-state index contributed by atoms with van der Waals surface area (Å²) in [6, 6.07) is 5.98. The van der Waals surface area contributed by atoms with Crippen LogP contribution in [0.4, 0.5) is 5.82 Å². The summed E-state index contributed by atoms with van der Waals surface area (Å²) in [5.74, 6) is 1.09. The monoisotopic (exact) mass is 315 g/mol. The molecule has 0 saturated carbocycles. The van der Waals surface area contributed by atoms with Crippen LogP contribution in [0.1, 0.15) is 23.8 Å². The topological polar surface area (TPSA) is 83.3 Å². The third kappa shape index (κ3) is 4.14. The van der Waals surface area contributed by atoms with Crippen molar-refractivity contribution in [1.82, 2.24) is 20.4 Å². The molecule has 1 atom stereocenters. The Balaban J connectivity index is 1.56. The molecule has 2 N–H and O–H groups in total. The summed E-state index contributed by atoms with van der Waals surface area (Å²) in [7, 11) is 0. The van der Waals surface area contributed by atoms with Crippen LogP contribution in [-0.4, -0.2) is 47.1 Å². The first-order valence-electron chi connectivity index (χ1n) is 7.80. The van der Waals surface area contributed by atoms with Gasteiger partial charge in [-0.25, -0.2) is 0 Å². The molecule has 1 aliphatic heterocycles. The van der Waals surface area contributed by atoms with Gasteiger partial charge in [0.1, 0.15) is 5.76 Å². The molecule has 1 saturated heterocycles. The third-order valence-electron chi connectivity index (χ3n) is 3.94. The second kappa shape index (κ2) is 7.34. The Morgan fingerprint density at radius 3 is 3.22 bits per heavy atom. The number of aryl methyl sites for hydroxylation is 1. The van der Waals surface area contributed by atoms with Gasteiger partial charge >= 0.3 is 0 Å². The molecular weight excluding hydrogens is 294 g/mol. The molecule has 7 nitrogen and oxygen atoms in total. The van der Waals surface area contributed by atoms with Crippen LogP contribution in [0.5, 0.6) is 0 Å². The highest BCUT2D eigenvalue weighted by Gasteiger charge is 2.24. The zero-order valence-corrected chi connectivity index (χ0v) is 13.2. The minimum absolute atomic E-state index is 0.0539. The quantitative estimate of drug-likeness (QED) is 0.867. The van der Waals surface area contributed by atoms with E-state index in [1.54, 1.807) is 19.2 Å². The number of carbonyl (C=O) groups excluding carboxylic acids is 1. The molecule has 1 fully saturated rings. The number of anilines is 1.